The molecule has 2 aromatic heterocycles. The summed E-state index contributed by atoms with van der Waals surface area (Å²) in [5.74, 6) is 2.61. The third-order valence-electron chi connectivity index (χ3n) is 8.58. The van der Waals surface area contributed by atoms with Gasteiger partial charge in [-0.3, -0.25) is 0 Å². The van der Waals surface area contributed by atoms with Gasteiger partial charge in [-0.2, -0.15) is 5.26 Å². The highest BCUT2D eigenvalue weighted by molar-refractivity contribution is 14.1. The van der Waals surface area contributed by atoms with Crippen LogP contribution in [0.2, 0.25) is 0 Å². The lowest BCUT2D eigenvalue weighted by Gasteiger charge is -2.37. The largest absolute Gasteiger partial charge is 0.489 e. The van der Waals surface area contributed by atoms with Crippen LogP contribution in [0.15, 0.2) is 158 Å². The Hall–Kier alpha value is -6.58. The number of hydrogen-bond donors (Lipinski definition) is 0. The summed E-state index contributed by atoms with van der Waals surface area (Å²) in [6.07, 6.45) is 3.10. The minimum absolute atomic E-state index is 0.438. The van der Waals surface area contributed by atoms with Crippen LogP contribution in [0.3, 0.4) is 0 Å². The molecule has 6 aromatic carbocycles. The normalized spacial score (nSPS) is 10.9. The van der Waals surface area contributed by atoms with E-state index < -0.39 is 0 Å². The zero-order valence-electron chi connectivity index (χ0n) is 28.3. The average molecular weight is 804 g/mol. The van der Waals surface area contributed by atoms with Crippen molar-refractivity contribution < 1.29 is 9.47 Å². The van der Waals surface area contributed by atoms with E-state index in [0.29, 0.717) is 47.1 Å². The van der Waals surface area contributed by atoms with Crippen LogP contribution < -0.4 is 19.5 Å². The summed E-state index contributed by atoms with van der Waals surface area (Å²) in [4.78, 5) is 18.9. The molecule has 0 atom stereocenters. The van der Waals surface area contributed by atoms with E-state index in [1.54, 1.807) is 12.4 Å². The van der Waals surface area contributed by atoms with Crippen LogP contribution in [-0.2, 0) is 13.2 Å². The third-order valence-corrected chi connectivity index (χ3v) is 9.25. The highest BCUT2D eigenvalue weighted by atomic mass is 127. The van der Waals surface area contributed by atoms with E-state index in [2.05, 4.69) is 44.7 Å². The van der Waals surface area contributed by atoms with Gasteiger partial charge >= 0.3 is 0 Å². The maximum absolute atomic E-state index is 9.90. The molecular weight excluding hydrogens is 773 g/mol. The number of halogens is 1. The molecule has 53 heavy (non-hydrogen) atoms. The minimum atomic E-state index is 0.438. The lowest BCUT2D eigenvalue weighted by Crippen LogP contribution is -2.37. The SMILES string of the molecule is N#Cc1ccc2ncnc(N(c3ccc(OCc4ccccc4)cc3)N(c3ccc(OCc4ccccc4)cc3)c3ncnc4ccc(I)cc34)c2c1. The summed E-state index contributed by atoms with van der Waals surface area (Å²) in [5.41, 5.74) is 5.67. The Bertz CT molecular complexity index is 2550. The minimum Gasteiger partial charge on any atom is -0.489 e. The Labute approximate surface area is 319 Å². The Morgan fingerprint density at radius 3 is 1.49 bits per heavy atom. The molecule has 0 aliphatic heterocycles. The molecule has 0 bridgehead atoms. The predicted molar refractivity (Wildman–Crippen MR) is 215 cm³/mol. The lowest BCUT2D eigenvalue weighted by molar-refractivity contribution is 0.306. The van der Waals surface area contributed by atoms with Crippen LogP contribution in [-0.4, -0.2) is 19.9 Å². The summed E-state index contributed by atoms with van der Waals surface area (Å²) in [7, 11) is 0. The molecule has 256 valence electrons. The molecule has 0 spiro atoms. The molecular formula is C43H30IN7O2. The van der Waals surface area contributed by atoms with Gasteiger partial charge in [0.25, 0.3) is 0 Å². The van der Waals surface area contributed by atoms with Crippen LogP contribution in [0.1, 0.15) is 16.7 Å². The monoisotopic (exact) mass is 803 g/mol. The molecule has 9 nitrogen and oxygen atoms in total. The van der Waals surface area contributed by atoms with Gasteiger partial charge in [0.2, 0.25) is 0 Å². The van der Waals surface area contributed by atoms with Crippen LogP contribution in [0.4, 0.5) is 23.0 Å². The fourth-order valence-electron chi connectivity index (χ4n) is 5.98. The van der Waals surface area contributed by atoms with Gasteiger partial charge in [-0.1, -0.05) is 60.7 Å². The van der Waals surface area contributed by atoms with Gasteiger partial charge in [0, 0.05) is 14.3 Å². The molecule has 8 rings (SSSR count). The Kier molecular flexibility index (Phi) is 9.72. The van der Waals surface area contributed by atoms with E-state index in [0.717, 1.165) is 42.7 Å². The van der Waals surface area contributed by atoms with Gasteiger partial charge in [0.15, 0.2) is 11.6 Å². The smallest absolute Gasteiger partial charge is 0.163 e. The summed E-state index contributed by atoms with van der Waals surface area (Å²) in [5, 5.41) is 15.4. The van der Waals surface area contributed by atoms with Crippen LogP contribution in [0.5, 0.6) is 11.5 Å². The van der Waals surface area contributed by atoms with Gasteiger partial charge in [0.1, 0.15) is 37.4 Å². The van der Waals surface area contributed by atoms with E-state index in [4.69, 9.17) is 19.4 Å². The molecule has 8 aromatic rings. The van der Waals surface area contributed by atoms with Gasteiger partial charge in [0.05, 0.1) is 34.0 Å². The number of benzene rings is 6. The molecule has 0 aliphatic rings. The van der Waals surface area contributed by atoms with Crippen molar-refractivity contribution in [2.24, 2.45) is 0 Å². The number of fused-ring (bicyclic) bond motifs is 2. The summed E-state index contributed by atoms with van der Waals surface area (Å²) >= 11 is 2.31. The van der Waals surface area contributed by atoms with Crippen molar-refractivity contribution in [3.05, 3.63) is 179 Å². The second-order valence-corrected chi connectivity index (χ2v) is 13.3. The molecule has 0 amide bonds. The number of ether oxygens (including phenoxy) is 2. The predicted octanol–water partition coefficient (Wildman–Crippen LogP) is 10.1. The highest BCUT2D eigenvalue weighted by Crippen LogP contribution is 2.41. The standard InChI is InChI=1S/C43H30IN7O2/c44-33-12-22-41-39(24-33)43(49-29-47-41)51(35-15-19-37(20-16-35)53-27-31-9-5-2-6-10-31)50(42-38-23-32(25-45)11-21-40(38)46-28-48-42)34-13-17-36(18-14-34)52-26-30-7-3-1-4-8-30/h1-24,28-29H,26-27H2. The quantitative estimate of drug-likeness (QED) is 0.0935. The zero-order chi connectivity index (χ0) is 36.0. The number of nitrogens with zero attached hydrogens (tertiary/aromatic N) is 7. The topological polar surface area (TPSA) is 100 Å². The van der Waals surface area contributed by atoms with Crippen LogP contribution >= 0.6 is 22.6 Å². The van der Waals surface area contributed by atoms with Crippen LogP contribution in [0.25, 0.3) is 21.8 Å². The first kappa shape index (κ1) is 33.6. The number of aromatic nitrogens is 4. The van der Waals surface area contributed by atoms with Crippen molar-refractivity contribution in [1.82, 2.24) is 19.9 Å². The molecule has 0 aliphatic carbocycles. The first-order valence-corrected chi connectivity index (χ1v) is 17.9. The van der Waals surface area contributed by atoms with Crippen molar-refractivity contribution in [3.8, 4) is 17.6 Å². The first-order valence-electron chi connectivity index (χ1n) is 16.8. The maximum atomic E-state index is 9.90. The Balaban J connectivity index is 1.29. The summed E-state index contributed by atoms with van der Waals surface area (Å²) in [6, 6.07) is 49.6. The van der Waals surface area contributed by atoms with Crippen molar-refractivity contribution in [1.29, 1.82) is 5.26 Å². The molecule has 0 N–H and O–H groups in total. The van der Waals surface area contributed by atoms with Crippen LogP contribution in [0, 0.1) is 14.9 Å². The van der Waals surface area contributed by atoms with Crippen molar-refractivity contribution >= 4 is 67.4 Å². The molecule has 0 radical (unpaired) electrons. The molecule has 2 heterocycles. The highest BCUT2D eigenvalue weighted by Gasteiger charge is 2.28. The first-order chi connectivity index (χ1) is 26.1. The van der Waals surface area contributed by atoms with Gasteiger partial charge in [-0.15, -0.1) is 0 Å². The Morgan fingerprint density at radius 2 is 1.00 bits per heavy atom. The average Bonchev–Trinajstić information content (AvgIpc) is 3.22. The Morgan fingerprint density at radius 1 is 0.528 bits per heavy atom. The van der Waals surface area contributed by atoms with E-state index in [9.17, 15) is 5.26 Å². The van der Waals surface area contributed by atoms with E-state index >= 15 is 0 Å². The second kappa shape index (κ2) is 15.3. The van der Waals surface area contributed by atoms with E-state index in [1.807, 2.05) is 143 Å². The number of rotatable bonds is 11. The number of nitriles is 1. The van der Waals surface area contributed by atoms with Gasteiger partial charge in [-0.05, 0) is 119 Å². The summed E-state index contributed by atoms with van der Waals surface area (Å²) < 4.78 is 13.4. The van der Waals surface area contributed by atoms with Crippen molar-refractivity contribution in [2.75, 3.05) is 10.0 Å². The molecule has 0 unspecified atom stereocenters. The maximum Gasteiger partial charge on any atom is 0.163 e. The molecule has 0 saturated heterocycles. The molecule has 10 heteroatoms. The fraction of sp³-hybridized carbons (Fsp3) is 0.0465. The van der Waals surface area contributed by atoms with Crippen molar-refractivity contribution in [2.45, 2.75) is 13.2 Å². The number of hydrazine groups is 1. The third kappa shape index (κ3) is 7.42. The van der Waals surface area contributed by atoms with E-state index in [-0.39, 0.29) is 0 Å². The zero-order valence-corrected chi connectivity index (χ0v) is 30.4. The van der Waals surface area contributed by atoms with Gasteiger partial charge < -0.3 is 9.47 Å². The fourth-order valence-corrected chi connectivity index (χ4v) is 6.47. The second-order valence-electron chi connectivity index (χ2n) is 12.1. The molecule has 0 saturated carbocycles. The van der Waals surface area contributed by atoms with Gasteiger partial charge in [-0.25, -0.2) is 30.0 Å². The lowest BCUT2D eigenvalue weighted by atomic mass is 10.1. The van der Waals surface area contributed by atoms with E-state index in [1.165, 1.54) is 6.33 Å². The number of hydrogen-bond acceptors (Lipinski definition) is 9. The number of anilines is 4. The molecule has 0 fully saturated rings. The summed E-state index contributed by atoms with van der Waals surface area (Å²) in [6.45, 7) is 0.881. The van der Waals surface area contributed by atoms with Crippen molar-refractivity contribution in [3.63, 3.8) is 0 Å².